The lowest BCUT2D eigenvalue weighted by molar-refractivity contribution is 0.121. The maximum Gasteiger partial charge on any atom is 0.409 e. The number of nitrogens with zero attached hydrogens (tertiary/aromatic N) is 4. The third-order valence-electron chi connectivity index (χ3n) is 4.25. The Kier molecular flexibility index (Phi) is 5.33. The Labute approximate surface area is 147 Å². The molecule has 7 nitrogen and oxygen atoms in total. The molecular formula is C18H23N5O2. The summed E-state index contributed by atoms with van der Waals surface area (Å²) >= 11 is 0. The molecule has 25 heavy (non-hydrogen) atoms. The van der Waals surface area contributed by atoms with E-state index in [0.29, 0.717) is 19.6 Å². The molecule has 0 aliphatic carbocycles. The van der Waals surface area contributed by atoms with Gasteiger partial charge in [-0.25, -0.2) is 9.78 Å². The summed E-state index contributed by atoms with van der Waals surface area (Å²) in [6.07, 6.45) is 3.45. The number of ether oxygens (including phenoxy) is 1. The number of nitrogens with one attached hydrogen (secondary N) is 1. The van der Waals surface area contributed by atoms with Crippen LogP contribution in [0, 0.1) is 6.92 Å². The van der Waals surface area contributed by atoms with Crippen LogP contribution in [0.15, 0.2) is 36.7 Å². The first kappa shape index (κ1) is 17.0. The highest BCUT2D eigenvalue weighted by molar-refractivity contribution is 5.67. The van der Waals surface area contributed by atoms with Crippen molar-refractivity contribution in [3.63, 3.8) is 0 Å². The van der Waals surface area contributed by atoms with E-state index in [0.717, 1.165) is 35.9 Å². The van der Waals surface area contributed by atoms with E-state index in [1.165, 1.54) is 7.11 Å². The Bertz CT molecular complexity index is 694. The van der Waals surface area contributed by atoms with Gasteiger partial charge in [-0.3, -0.25) is 4.98 Å². The van der Waals surface area contributed by atoms with Gasteiger partial charge >= 0.3 is 6.09 Å². The van der Waals surface area contributed by atoms with Crippen LogP contribution < -0.4 is 10.2 Å². The third-order valence-corrected chi connectivity index (χ3v) is 4.25. The molecule has 0 aromatic carbocycles. The van der Waals surface area contributed by atoms with Crippen LogP contribution in [0.5, 0.6) is 0 Å². The van der Waals surface area contributed by atoms with E-state index < -0.39 is 0 Å². The summed E-state index contributed by atoms with van der Waals surface area (Å²) in [4.78, 5) is 24.2. The molecule has 132 valence electrons. The van der Waals surface area contributed by atoms with Crippen LogP contribution >= 0.6 is 0 Å². The number of rotatable bonds is 4. The Morgan fingerprint density at radius 2 is 1.92 bits per heavy atom. The molecule has 1 fully saturated rings. The zero-order valence-electron chi connectivity index (χ0n) is 14.6. The largest absolute Gasteiger partial charge is 0.453 e. The number of carbonyl (C=O) groups is 1. The molecule has 1 aliphatic rings. The SMILES string of the molecule is COC(=O)N1CCN(c2ccc(NCc3ccc(C)nc3)cn2)CC1. The Balaban J connectivity index is 1.52. The third kappa shape index (κ3) is 4.37. The van der Waals surface area contributed by atoms with Gasteiger partial charge in [0.25, 0.3) is 0 Å². The molecule has 0 radical (unpaired) electrons. The van der Waals surface area contributed by atoms with Gasteiger partial charge in [0.15, 0.2) is 0 Å². The first-order valence-electron chi connectivity index (χ1n) is 8.35. The van der Waals surface area contributed by atoms with E-state index in [1.54, 1.807) is 4.90 Å². The first-order chi connectivity index (χ1) is 12.2. The Morgan fingerprint density at radius 3 is 2.52 bits per heavy atom. The van der Waals surface area contributed by atoms with Crippen LogP contribution in [0.25, 0.3) is 0 Å². The fourth-order valence-corrected chi connectivity index (χ4v) is 2.73. The fraction of sp³-hybridized carbons (Fsp3) is 0.389. The van der Waals surface area contributed by atoms with Crippen LogP contribution in [0.1, 0.15) is 11.3 Å². The topological polar surface area (TPSA) is 70.6 Å². The zero-order chi connectivity index (χ0) is 17.6. The Morgan fingerprint density at radius 1 is 1.12 bits per heavy atom. The minimum absolute atomic E-state index is 0.266. The number of carbonyl (C=O) groups excluding carboxylic acids is 1. The van der Waals surface area contributed by atoms with Gasteiger partial charge in [0.05, 0.1) is 19.0 Å². The maximum absolute atomic E-state index is 11.5. The van der Waals surface area contributed by atoms with Crippen molar-refractivity contribution in [2.75, 3.05) is 43.5 Å². The molecule has 0 bridgehead atoms. The lowest BCUT2D eigenvalue weighted by atomic mass is 10.2. The monoisotopic (exact) mass is 341 g/mol. The minimum Gasteiger partial charge on any atom is -0.453 e. The number of aromatic nitrogens is 2. The summed E-state index contributed by atoms with van der Waals surface area (Å²) in [7, 11) is 1.41. The van der Waals surface area contributed by atoms with Crippen LogP contribution in [-0.4, -0.2) is 54.2 Å². The zero-order valence-corrected chi connectivity index (χ0v) is 14.6. The van der Waals surface area contributed by atoms with Gasteiger partial charge in [0.2, 0.25) is 0 Å². The molecule has 3 heterocycles. The molecular weight excluding hydrogens is 318 g/mol. The van der Waals surface area contributed by atoms with Crippen molar-refractivity contribution in [2.24, 2.45) is 0 Å². The highest BCUT2D eigenvalue weighted by Gasteiger charge is 2.22. The maximum atomic E-state index is 11.5. The molecule has 2 aromatic heterocycles. The number of hydrogen-bond donors (Lipinski definition) is 1. The molecule has 7 heteroatoms. The average molecular weight is 341 g/mol. The van der Waals surface area contributed by atoms with Crippen LogP contribution in [0.3, 0.4) is 0 Å². The van der Waals surface area contributed by atoms with Gasteiger partial charge in [-0.1, -0.05) is 6.07 Å². The summed E-state index contributed by atoms with van der Waals surface area (Å²) in [5.74, 6) is 0.923. The van der Waals surface area contributed by atoms with E-state index in [-0.39, 0.29) is 6.09 Å². The number of piperazine rings is 1. The molecule has 0 saturated carbocycles. The summed E-state index contributed by atoms with van der Waals surface area (Å²) < 4.78 is 4.76. The number of anilines is 2. The summed E-state index contributed by atoms with van der Waals surface area (Å²) in [6, 6.07) is 8.10. The molecule has 2 aromatic rings. The molecule has 3 rings (SSSR count). The quantitative estimate of drug-likeness (QED) is 0.920. The van der Waals surface area contributed by atoms with Crippen molar-refractivity contribution in [3.8, 4) is 0 Å². The molecule has 0 unspecified atom stereocenters. The summed E-state index contributed by atoms with van der Waals surface area (Å²) in [5.41, 5.74) is 3.12. The van der Waals surface area contributed by atoms with Crippen molar-refractivity contribution < 1.29 is 9.53 Å². The predicted molar refractivity (Wildman–Crippen MR) is 96.7 cm³/mol. The first-order valence-corrected chi connectivity index (χ1v) is 8.35. The number of hydrogen-bond acceptors (Lipinski definition) is 6. The highest BCUT2D eigenvalue weighted by atomic mass is 16.5. The smallest absolute Gasteiger partial charge is 0.409 e. The summed E-state index contributed by atoms with van der Waals surface area (Å²) in [6.45, 7) is 5.49. The molecule has 1 saturated heterocycles. The van der Waals surface area contributed by atoms with Gasteiger partial charge in [0.1, 0.15) is 5.82 Å². The van der Waals surface area contributed by atoms with Gasteiger partial charge < -0.3 is 19.9 Å². The van der Waals surface area contributed by atoms with Crippen LogP contribution in [0.4, 0.5) is 16.3 Å². The van der Waals surface area contributed by atoms with Crippen molar-refractivity contribution in [1.29, 1.82) is 0 Å². The molecule has 1 amide bonds. The lowest BCUT2D eigenvalue weighted by Gasteiger charge is -2.34. The number of pyridine rings is 2. The van der Waals surface area contributed by atoms with E-state index in [2.05, 4.69) is 26.3 Å². The van der Waals surface area contributed by atoms with Crippen molar-refractivity contribution >= 4 is 17.6 Å². The van der Waals surface area contributed by atoms with E-state index in [9.17, 15) is 4.79 Å². The second-order valence-electron chi connectivity index (χ2n) is 6.01. The van der Waals surface area contributed by atoms with Crippen molar-refractivity contribution in [1.82, 2.24) is 14.9 Å². The number of methoxy groups -OCH3 is 1. The molecule has 0 atom stereocenters. The van der Waals surface area contributed by atoms with E-state index in [1.807, 2.05) is 37.5 Å². The minimum atomic E-state index is -0.266. The average Bonchev–Trinajstić information content (AvgIpc) is 2.67. The lowest BCUT2D eigenvalue weighted by Crippen LogP contribution is -2.49. The van der Waals surface area contributed by atoms with Gasteiger partial charge in [-0.2, -0.15) is 0 Å². The van der Waals surface area contributed by atoms with Crippen molar-refractivity contribution in [2.45, 2.75) is 13.5 Å². The van der Waals surface area contributed by atoms with Gasteiger partial charge in [-0.05, 0) is 30.7 Å². The van der Waals surface area contributed by atoms with Crippen LogP contribution in [0.2, 0.25) is 0 Å². The molecule has 1 N–H and O–H groups in total. The van der Waals surface area contributed by atoms with E-state index in [4.69, 9.17) is 4.74 Å². The fourth-order valence-electron chi connectivity index (χ4n) is 2.73. The molecule has 1 aliphatic heterocycles. The van der Waals surface area contributed by atoms with Gasteiger partial charge in [0, 0.05) is 44.6 Å². The standard InChI is InChI=1S/C18H23N5O2/c1-14-3-4-15(11-19-14)12-20-16-5-6-17(21-13-16)22-7-9-23(10-8-22)18(24)25-2/h3-6,11,13,20H,7-10,12H2,1-2H3. The predicted octanol–water partition coefficient (Wildman–Crippen LogP) is 2.29. The van der Waals surface area contributed by atoms with Crippen molar-refractivity contribution in [3.05, 3.63) is 47.9 Å². The highest BCUT2D eigenvalue weighted by Crippen LogP contribution is 2.17. The molecule has 0 spiro atoms. The number of amides is 1. The van der Waals surface area contributed by atoms with Crippen LogP contribution in [-0.2, 0) is 11.3 Å². The number of aryl methyl sites for hydroxylation is 1. The second kappa shape index (κ2) is 7.83. The Hall–Kier alpha value is -2.83. The van der Waals surface area contributed by atoms with Gasteiger partial charge in [-0.15, -0.1) is 0 Å². The second-order valence-corrected chi connectivity index (χ2v) is 6.01. The normalized spacial score (nSPS) is 14.3. The van der Waals surface area contributed by atoms with E-state index >= 15 is 0 Å². The summed E-state index contributed by atoms with van der Waals surface area (Å²) in [5, 5.41) is 3.35.